The second kappa shape index (κ2) is 6.68. The standard InChI is InChI=1S/C13H17NO3/c1-14(2)12(15)8-9-13(16)17-10-11-6-4-3-5-7-11/h3-7H,8-10H2,1-2H3. The number of rotatable bonds is 5. The van der Waals surface area contributed by atoms with Crippen molar-refractivity contribution in [1.82, 2.24) is 4.90 Å². The summed E-state index contributed by atoms with van der Waals surface area (Å²) in [5.41, 5.74) is 0.944. The van der Waals surface area contributed by atoms with E-state index in [9.17, 15) is 9.59 Å². The number of esters is 1. The van der Waals surface area contributed by atoms with E-state index in [1.807, 2.05) is 30.3 Å². The summed E-state index contributed by atoms with van der Waals surface area (Å²) in [5.74, 6) is -0.411. The quantitative estimate of drug-likeness (QED) is 0.728. The second-order valence-corrected chi connectivity index (χ2v) is 3.93. The first-order valence-corrected chi connectivity index (χ1v) is 5.49. The lowest BCUT2D eigenvalue weighted by atomic mass is 10.2. The molecule has 0 heterocycles. The number of benzene rings is 1. The molecule has 0 unspecified atom stereocenters. The number of ether oxygens (including phenoxy) is 1. The third-order valence-corrected chi connectivity index (χ3v) is 2.28. The SMILES string of the molecule is CN(C)C(=O)CCC(=O)OCc1ccccc1. The minimum Gasteiger partial charge on any atom is -0.461 e. The van der Waals surface area contributed by atoms with Crippen molar-refractivity contribution in [3.05, 3.63) is 35.9 Å². The van der Waals surface area contributed by atoms with E-state index in [2.05, 4.69) is 0 Å². The van der Waals surface area contributed by atoms with E-state index in [1.165, 1.54) is 4.90 Å². The van der Waals surface area contributed by atoms with Crippen molar-refractivity contribution in [2.24, 2.45) is 0 Å². The number of nitrogens with zero attached hydrogens (tertiary/aromatic N) is 1. The average molecular weight is 235 g/mol. The maximum absolute atomic E-state index is 11.4. The van der Waals surface area contributed by atoms with Gasteiger partial charge in [0.1, 0.15) is 6.61 Å². The van der Waals surface area contributed by atoms with E-state index in [4.69, 9.17) is 4.74 Å². The number of carbonyl (C=O) groups excluding carboxylic acids is 2. The average Bonchev–Trinajstić information content (AvgIpc) is 2.34. The Bertz CT molecular complexity index is 374. The van der Waals surface area contributed by atoms with Gasteiger partial charge in [0.25, 0.3) is 0 Å². The van der Waals surface area contributed by atoms with Gasteiger partial charge in [-0.05, 0) is 5.56 Å². The molecule has 0 aliphatic heterocycles. The first-order chi connectivity index (χ1) is 8.09. The molecule has 0 N–H and O–H groups in total. The Hall–Kier alpha value is -1.84. The molecular formula is C13H17NO3. The molecule has 0 aliphatic carbocycles. The third-order valence-electron chi connectivity index (χ3n) is 2.28. The summed E-state index contributed by atoms with van der Waals surface area (Å²) in [6, 6.07) is 9.45. The van der Waals surface area contributed by atoms with Gasteiger partial charge in [-0.3, -0.25) is 9.59 Å². The molecule has 0 aromatic heterocycles. The van der Waals surface area contributed by atoms with E-state index < -0.39 is 0 Å². The molecule has 0 saturated heterocycles. The Labute approximate surface area is 101 Å². The van der Waals surface area contributed by atoms with E-state index in [-0.39, 0.29) is 31.3 Å². The van der Waals surface area contributed by atoms with Crippen molar-refractivity contribution < 1.29 is 14.3 Å². The van der Waals surface area contributed by atoms with Crippen molar-refractivity contribution in [2.75, 3.05) is 14.1 Å². The highest BCUT2D eigenvalue weighted by atomic mass is 16.5. The smallest absolute Gasteiger partial charge is 0.306 e. The fraction of sp³-hybridized carbons (Fsp3) is 0.385. The molecule has 0 aliphatic rings. The van der Waals surface area contributed by atoms with Crippen LogP contribution in [-0.2, 0) is 20.9 Å². The highest BCUT2D eigenvalue weighted by Crippen LogP contribution is 2.03. The summed E-state index contributed by atoms with van der Waals surface area (Å²) in [7, 11) is 3.33. The topological polar surface area (TPSA) is 46.6 Å². The molecule has 0 atom stereocenters. The molecular weight excluding hydrogens is 218 g/mol. The number of carbonyl (C=O) groups is 2. The lowest BCUT2D eigenvalue weighted by molar-refractivity contribution is -0.147. The van der Waals surface area contributed by atoms with Crippen molar-refractivity contribution in [3.8, 4) is 0 Å². The zero-order valence-corrected chi connectivity index (χ0v) is 10.2. The fourth-order valence-corrected chi connectivity index (χ4v) is 1.24. The minimum absolute atomic E-state index is 0.0679. The number of amides is 1. The van der Waals surface area contributed by atoms with Crippen molar-refractivity contribution in [1.29, 1.82) is 0 Å². The highest BCUT2D eigenvalue weighted by Gasteiger charge is 2.09. The molecule has 4 heteroatoms. The van der Waals surface area contributed by atoms with Crippen LogP contribution in [0.25, 0.3) is 0 Å². The Morgan fingerprint density at radius 1 is 1.12 bits per heavy atom. The summed E-state index contributed by atoms with van der Waals surface area (Å²) in [6.45, 7) is 0.260. The van der Waals surface area contributed by atoms with Crippen LogP contribution in [0.3, 0.4) is 0 Å². The Kier molecular flexibility index (Phi) is 5.20. The van der Waals surface area contributed by atoms with Gasteiger partial charge in [-0.25, -0.2) is 0 Å². The fourth-order valence-electron chi connectivity index (χ4n) is 1.24. The van der Waals surface area contributed by atoms with Crippen molar-refractivity contribution in [3.63, 3.8) is 0 Å². The Morgan fingerprint density at radius 3 is 2.35 bits per heavy atom. The normalized spacial score (nSPS) is 9.76. The molecule has 1 aromatic rings. The molecule has 1 amide bonds. The van der Waals surface area contributed by atoms with Gasteiger partial charge in [0.15, 0.2) is 0 Å². The third kappa shape index (κ3) is 5.15. The van der Waals surface area contributed by atoms with Gasteiger partial charge in [0.2, 0.25) is 5.91 Å². The van der Waals surface area contributed by atoms with Crippen molar-refractivity contribution in [2.45, 2.75) is 19.4 Å². The van der Waals surface area contributed by atoms with Crippen molar-refractivity contribution >= 4 is 11.9 Å². The van der Waals surface area contributed by atoms with Gasteiger partial charge in [0, 0.05) is 20.5 Å². The molecule has 17 heavy (non-hydrogen) atoms. The monoisotopic (exact) mass is 235 g/mol. The number of hydrogen-bond acceptors (Lipinski definition) is 3. The predicted octanol–water partition coefficient (Wildman–Crippen LogP) is 1.60. The summed E-state index contributed by atoms with van der Waals surface area (Å²) >= 11 is 0. The van der Waals surface area contributed by atoms with Crippen LogP contribution in [0.15, 0.2) is 30.3 Å². The van der Waals surface area contributed by atoms with E-state index in [1.54, 1.807) is 14.1 Å². The first kappa shape index (κ1) is 13.2. The molecule has 0 bridgehead atoms. The van der Waals surface area contributed by atoms with Crippen LogP contribution in [0.2, 0.25) is 0 Å². The van der Waals surface area contributed by atoms with Crippen LogP contribution < -0.4 is 0 Å². The lowest BCUT2D eigenvalue weighted by Crippen LogP contribution is -2.22. The van der Waals surface area contributed by atoms with Gasteiger partial charge in [-0.1, -0.05) is 30.3 Å². The van der Waals surface area contributed by atoms with E-state index in [0.29, 0.717) is 0 Å². The molecule has 0 radical (unpaired) electrons. The van der Waals surface area contributed by atoms with E-state index in [0.717, 1.165) is 5.56 Å². The van der Waals surface area contributed by atoms with Crippen LogP contribution in [0.5, 0.6) is 0 Å². The maximum atomic E-state index is 11.4. The summed E-state index contributed by atoms with van der Waals surface area (Å²) in [5, 5.41) is 0. The predicted molar refractivity (Wildman–Crippen MR) is 64.2 cm³/mol. The van der Waals surface area contributed by atoms with Crippen LogP contribution in [0, 0.1) is 0 Å². The minimum atomic E-state index is -0.343. The first-order valence-electron chi connectivity index (χ1n) is 5.49. The molecule has 0 saturated carbocycles. The van der Waals surface area contributed by atoms with Gasteiger partial charge in [-0.2, -0.15) is 0 Å². The van der Waals surface area contributed by atoms with Crippen LogP contribution >= 0.6 is 0 Å². The van der Waals surface area contributed by atoms with Crippen LogP contribution in [-0.4, -0.2) is 30.9 Å². The Morgan fingerprint density at radius 2 is 1.76 bits per heavy atom. The largest absolute Gasteiger partial charge is 0.461 e. The summed E-state index contributed by atoms with van der Waals surface area (Å²) in [4.78, 5) is 24.1. The second-order valence-electron chi connectivity index (χ2n) is 3.93. The van der Waals surface area contributed by atoms with Gasteiger partial charge >= 0.3 is 5.97 Å². The van der Waals surface area contributed by atoms with Gasteiger partial charge in [-0.15, -0.1) is 0 Å². The van der Waals surface area contributed by atoms with Gasteiger partial charge < -0.3 is 9.64 Å². The zero-order valence-electron chi connectivity index (χ0n) is 10.2. The van der Waals surface area contributed by atoms with Gasteiger partial charge in [0.05, 0.1) is 6.42 Å². The molecule has 4 nitrogen and oxygen atoms in total. The maximum Gasteiger partial charge on any atom is 0.306 e. The zero-order chi connectivity index (χ0) is 12.7. The lowest BCUT2D eigenvalue weighted by Gasteiger charge is -2.09. The Balaban J connectivity index is 2.24. The number of hydrogen-bond donors (Lipinski definition) is 0. The molecule has 1 rings (SSSR count). The highest BCUT2D eigenvalue weighted by molar-refractivity contribution is 5.80. The summed E-state index contributed by atoms with van der Waals surface area (Å²) in [6.07, 6.45) is 0.324. The van der Waals surface area contributed by atoms with Crippen LogP contribution in [0.4, 0.5) is 0 Å². The van der Waals surface area contributed by atoms with E-state index >= 15 is 0 Å². The molecule has 0 spiro atoms. The molecule has 0 fully saturated rings. The molecule has 1 aromatic carbocycles. The van der Waals surface area contributed by atoms with Crippen LogP contribution in [0.1, 0.15) is 18.4 Å². The summed E-state index contributed by atoms with van der Waals surface area (Å²) < 4.78 is 5.05. The molecule has 92 valence electrons.